The molecule has 26 heavy (non-hydrogen) atoms. The molecule has 2 saturated carbocycles. The van der Waals surface area contributed by atoms with Crippen LogP contribution in [0.5, 0.6) is 5.88 Å². The van der Waals surface area contributed by atoms with Crippen molar-refractivity contribution < 1.29 is 14.3 Å². The first-order valence-corrected chi connectivity index (χ1v) is 9.73. The number of Topliss-reactive ketones (excluding diaryl/α,β-unsaturated/α-hetero) is 1. The fourth-order valence-corrected chi connectivity index (χ4v) is 4.65. The highest BCUT2D eigenvalue weighted by molar-refractivity contribution is 6.10. The normalized spacial score (nSPS) is 22.2. The Hall–Kier alpha value is -2.18. The Balaban J connectivity index is 1.95. The molecule has 4 rings (SSSR count). The second-order valence-corrected chi connectivity index (χ2v) is 7.67. The molecule has 2 aliphatic carbocycles. The van der Waals surface area contributed by atoms with Gasteiger partial charge in [0.25, 0.3) is 5.56 Å². The van der Waals surface area contributed by atoms with E-state index in [-0.39, 0.29) is 23.5 Å². The molecule has 0 radical (unpaired) electrons. The Morgan fingerprint density at radius 2 is 1.27 bits per heavy atom. The summed E-state index contributed by atoms with van der Waals surface area (Å²) in [4.78, 5) is 50.6. The Morgan fingerprint density at radius 1 is 0.731 bits per heavy atom. The summed E-state index contributed by atoms with van der Waals surface area (Å²) in [6.45, 7) is 0. The van der Waals surface area contributed by atoms with E-state index in [4.69, 9.17) is 4.74 Å². The number of aromatic nitrogens is 2. The quantitative estimate of drug-likeness (QED) is 0.597. The molecule has 0 aromatic carbocycles. The lowest BCUT2D eigenvalue weighted by Crippen LogP contribution is -2.48. The Morgan fingerprint density at radius 3 is 1.85 bits per heavy atom. The highest BCUT2D eigenvalue weighted by Gasteiger charge is 2.36. The van der Waals surface area contributed by atoms with Crippen LogP contribution in [0.2, 0.25) is 0 Å². The number of fused-ring (bicyclic) bond motifs is 1. The van der Waals surface area contributed by atoms with Crippen LogP contribution in [0.3, 0.4) is 0 Å². The molecule has 3 aliphatic rings. The van der Waals surface area contributed by atoms with Crippen molar-refractivity contribution in [1.29, 1.82) is 0 Å². The van der Waals surface area contributed by atoms with Crippen LogP contribution in [0.15, 0.2) is 9.59 Å². The molecule has 0 spiro atoms. The van der Waals surface area contributed by atoms with Crippen molar-refractivity contribution in [1.82, 2.24) is 9.13 Å². The van der Waals surface area contributed by atoms with E-state index in [1.165, 1.54) is 9.13 Å². The highest BCUT2D eigenvalue weighted by atomic mass is 16.5. The smallest absolute Gasteiger partial charge is 0.334 e. The molecule has 140 valence electrons. The second kappa shape index (κ2) is 6.85. The zero-order chi connectivity index (χ0) is 18.3. The monoisotopic (exact) mass is 360 g/mol. The fourth-order valence-electron chi connectivity index (χ4n) is 4.65. The largest absolute Gasteiger partial charge is 0.408 e. The molecule has 0 bridgehead atoms. The number of carbonyl (C=O) groups is 2. The van der Waals surface area contributed by atoms with E-state index in [9.17, 15) is 19.2 Å². The van der Waals surface area contributed by atoms with Crippen LogP contribution in [-0.2, 0) is 4.79 Å². The first kappa shape index (κ1) is 17.2. The molecule has 2 fully saturated rings. The summed E-state index contributed by atoms with van der Waals surface area (Å²) in [5.74, 6) is -1.34. The summed E-state index contributed by atoms with van der Waals surface area (Å²) in [7, 11) is 0. The van der Waals surface area contributed by atoms with Crippen LogP contribution in [0.4, 0.5) is 0 Å². The van der Waals surface area contributed by atoms with Gasteiger partial charge in [-0.15, -0.1) is 0 Å². The minimum Gasteiger partial charge on any atom is -0.408 e. The van der Waals surface area contributed by atoms with Crippen molar-refractivity contribution in [2.24, 2.45) is 0 Å². The molecule has 7 nitrogen and oxygen atoms in total. The number of ketones is 1. The summed E-state index contributed by atoms with van der Waals surface area (Å²) in [5.41, 5.74) is -1.11. The SMILES string of the molecule is O=C1CC(=O)c2c(n(C3CCCCC3)c(=O)n(C3CCCCC3)c2=O)O1. The predicted octanol–water partition coefficient (Wildman–Crippen LogP) is 2.51. The molecule has 1 aromatic rings. The predicted molar refractivity (Wildman–Crippen MR) is 93.8 cm³/mol. The molecular formula is C19H24N2O5. The number of hydrogen-bond acceptors (Lipinski definition) is 5. The maximum atomic E-state index is 13.3. The van der Waals surface area contributed by atoms with E-state index in [2.05, 4.69) is 0 Å². The van der Waals surface area contributed by atoms with E-state index in [1.807, 2.05) is 0 Å². The van der Waals surface area contributed by atoms with Crippen molar-refractivity contribution in [3.8, 4) is 5.88 Å². The average Bonchev–Trinajstić information content (AvgIpc) is 2.63. The highest BCUT2D eigenvalue weighted by Crippen LogP contribution is 2.33. The van der Waals surface area contributed by atoms with Gasteiger partial charge in [-0.3, -0.25) is 23.5 Å². The van der Waals surface area contributed by atoms with Crippen molar-refractivity contribution >= 4 is 11.8 Å². The number of carbonyl (C=O) groups excluding carboxylic acids is 2. The van der Waals surface area contributed by atoms with Crippen LogP contribution in [-0.4, -0.2) is 20.9 Å². The second-order valence-electron chi connectivity index (χ2n) is 7.67. The van der Waals surface area contributed by atoms with Crippen LogP contribution in [0.25, 0.3) is 0 Å². The summed E-state index contributed by atoms with van der Waals surface area (Å²) >= 11 is 0. The number of rotatable bonds is 2. The standard InChI is InChI=1S/C19H24N2O5/c22-14-11-15(23)26-18-16(14)17(24)20(12-7-3-1-4-8-12)19(25)21(18)13-9-5-2-6-10-13/h12-13H,1-11H2. The van der Waals surface area contributed by atoms with Gasteiger partial charge in [-0.1, -0.05) is 38.5 Å². The maximum absolute atomic E-state index is 13.3. The zero-order valence-corrected chi connectivity index (χ0v) is 14.9. The van der Waals surface area contributed by atoms with Gasteiger partial charge in [-0.2, -0.15) is 0 Å². The molecular weight excluding hydrogens is 336 g/mol. The lowest BCUT2D eigenvalue weighted by molar-refractivity contribution is -0.134. The lowest BCUT2D eigenvalue weighted by Gasteiger charge is -2.31. The lowest BCUT2D eigenvalue weighted by atomic mass is 9.94. The molecule has 0 saturated heterocycles. The minimum atomic E-state index is -0.693. The van der Waals surface area contributed by atoms with Gasteiger partial charge >= 0.3 is 11.7 Å². The molecule has 1 aromatic heterocycles. The van der Waals surface area contributed by atoms with Crippen molar-refractivity contribution in [3.63, 3.8) is 0 Å². The van der Waals surface area contributed by atoms with Gasteiger partial charge in [-0.05, 0) is 25.7 Å². The number of hydrogen-bond donors (Lipinski definition) is 0. The van der Waals surface area contributed by atoms with Gasteiger partial charge in [0.2, 0.25) is 5.88 Å². The van der Waals surface area contributed by atoms with Crippen molar-refractivity contribution in [2.45, 2.75) is 82.7 Å². The molecule has 0 amide bonds. The van der Waals surface area contributed by atoms with Gasteiger partial charge in [0.05, 0.1) is 0 Å². The van der Waals surface area contributed by atoms with Gasteiger partial charge in [0.1, 0.15) is 12.0 Å². The van der Waals surface area contributed by atoms with E-state index in [1.54, 1.807) is 0 Å². The molecule has 0 unspecified atom stereocenters. The Kier molecular flexibility index (Phi) is 4.54. The zero-order valence-electron chi connectivity index (χ0n) is 14.9. The topological polar surface area (TPSA) is 87.4 Å². The number of nitrogens with zero attached hydrogens (tertiary/aromatic N) is 2. The van der Waals surface area contributed by atoms with Crippen LogP contribution >= 0.6 is 0 Å². The third-order valence-corrected chi connectivity index (χ3v) is 5.95. The average molecular weight is 360 g/mol. The van der Waals surface area contributed by atoms with Crippen molar-refractivity contribution in [2.75, 3.05) is 0 Å². The van der Waals surface area contributed by atoms with Crippen molar-refractivity contribution in [3.05, 3.63) is 26.4 Å². The summed E-state index contributed by atoms with van der Waals surface area (Å²) < 4.78 is 8.01. The molecule has 7 heteroatoms. The third kappa shape index (κ3) is 2.83. The van der Waals surface area contributed by atoms with Gasteiger partial charge in [0.15, 0.2) is 5.78 Å². The van der Waals surface area contributed by atoms with E-state index >= 15 is 0 Å². The molecule has 1 aliphatic heterocycles. The number of esters is 1. The maximum Gasteiger partial charge on any atom is 0.334 e. The van der Waals surface area contributed by atoms with Crippen LogP contribution < -0.4 is 16.0 Å². The summed E-state index contributed by atoms with van der Waals surface area (Å²) in [5, 5.41) is 0. The minimum absolute atomic E-state index is 0.111. The third-order valence-electron chi connectivity index (χ3n) is 5.95. The van der Waals surface area contributed by atoms with Gasteiger partial charge in [-0.25, -0.2) is 4.79 Å². The van der Waals surface area contributed by atoms with Crippen LogP contribution in [0.1, 0.15) is 93.1 Å². The number of ether oxygens (including phenoxy) is 1. The van der Waals surface area contributed by atoms with E-state index in [0.29, 0.717) is 0 Å². The molecule has 0 atom stereocenters. The van der Waals surface area contributed by atoms with E-state index in [0.717, 1.165) is 64.2 Å². The molecule has 0 N–H and O–H groups in total. The summed E-state index contributed by atoms with van der Waals surface area (Å²) in [6, 6.07) is -0.298. The molecule has 2 heterocycles. The van der Waals surface area contributed by atoms with Gasteiger partial charge < -0.3 is 4.74 Å². The van der Waals surface area contributed by atoms with Gasteiger partial charge in [0, 0.05) is 12.1 Å². The van der Waals surface area contributed by atoms with E-state index < -0.39 is 29.4 Å². The first-order chi connectivity index (χ1) is 12.6. The summed E-state index contributed by atoms with van der Waals surface area (Å²) in [6.07, 6.45) is 8.81. The first-order valence-electron chi connectivity index (χ1n) is 9.73. The van der Waals surface area contributed by atoms with Crippen LogP contribution in [0, 0.1) is 0 Å². The Labute approximate surface area is 151 Å². The Bertz CT molecular complexity index is 854. The fraction of sp³-hybridized carbons (Fsp3) is 0.684.